The van der Waals surface area contributed by atoms with Crippen LogP contribution >= 0.6 is 0 Å². The van der Waals surface area contributed by atoms with Crippen LogP contribution in [0.1, 0.15) is 32.3 Å². The van der Waals surface area contributed by atoms with Crippen molar-refractivity contribution in [3.8, 4) is 0 Å². The van der Waals surface area contributed by atoms with Crippen molar-refractivity contribution >= 4 is 17.8 Å². The van der Waals surface area contributed by atoms with Gasteiger partial charge in [-0.1, -0.05) is 42.5 Å². The number of ether oxygens (including phenoxy) is 1. The van der Waals surface area contributed by atoms with Gasteiger partial charge in [-0.15, -0.1) is 0 Å². The summed E-state index contributed by atoms with van der Waals surface area (Å²) in [6.45, 7) is 0. The maximum atomic E-state index is 12.5. The first-order valence-corrected chi connectivity index (χ1v) is 6.75. The van der Waals surface area contributed by atoms with Crippen molar-refractivity contribution in [1.82, 2.24) is 4.90 Å². The Labute approximate surface area is 127 Å². The Morgan fingerprint density at radius 3 is 1.91 bits per heavy atom. The van der Waals surface area contributed by atoms with E-state index in [4.69, 9.17) is 4.74 Å². The van der Waals surface area contributed by atoms with Crippen LogP contribution in [0.2, 0.25) is 0 Å². The highest BCUT2D eigenvalue weighted by Crippen LogP contribution is 2.32. The zero-order valence-corrected chi connectivity index (χ0v) is 11.9. The second-order valence-electron chi connectivity index (χ2n) is 4.86. The van der Waals surface area contributed by atoms with E-state index < -0.39 is 23.8 Å². The molecule has 0 N–H and O–H groups in total. The number of hydrogen-bond donors (Lipinski definition) is 0. The molecule has 1 heterocycles. The fourth-order valence-corrected chi connectivity index (χ4v) is 2.58. The summed E-state index contributed by atoms with van der Waals surface area (Å²) in [6, 6.07) is 14.1. The first-order chi connectivity index (χ1) is 10.6. The summed E-state index contributed by atoms with van der Waals surface area (Å²) < 4.78 is 4.79. The molecule has 0 saturated heterocycles. The minimum Gasteiger partial charge on any atom is -0.467 e. The topological polar surface area (TPSA) is 63.7 Å². The average Bonchev–Trinajstić information content (AvgIpc) is 2.81. The molecule has 5 nitrogen and oxygen atoms in total. The first kappa shape index (κ1) is 14.0. The fraction of sp³-hybridized carbons (Fsp3) is 0.118. The lowest BCUT2D eigenvalue weighted by Gasteiger charge is -2.24. The first-order valence-electron chi connectivity index (χ1n) is 6.75. The van der Waals surface area contributed by atoms with E-state index >= 15 is 0 Å². The van der Waals surface area contributed by atoms with E-state index in [9.17, 15) is 14.4 Å². The standard InChI is InChI=1S/C17H13NO4/c1-22-17(21)14(11-7-3-2-4-8-11)18-15(19)12-9-5-6-10-13(12)16(18)20/h2-10,14H,1H3. The molecule has 1 aliphatic heterocycles. The van der Waals surface area contributed by atoms with Gasteiger partial charge in [-0.3, -0.25) is 14.5 Å². The molecule has 1 aliphatic rings. The van der Waals surface area contributed by atoms with Crippen LogP contribution in [0.5, 0.6) is 0 Å². The van der Waals surface area contributed by atoms with Crippen LogP contribution in [-0.2, 0) is 9.53 Å². The Morgan fingerprint density at radius 1 is 0.909 bits per heavy atom. The molecule has 0 saturated carbocycles. The number of hydrogen-bond acceptors (Lipinski definition) is 4. The summed E-state index contributed by atoms with van der Waals surface area (Å²) in [4.78, 5) is 38.2. The molecule has 5 heteroatoms. The fourth-order valence-electron chi connectivity index (χ4n) is 2.58. The summed E-state index contributed by atoms with van der Waals surface area (Å²) >= 11 is 0. The normalized spacial score (nSPS) is 14.7. The number of esters is 1. The second-order valence-corrected chi connectivity index (χ2v) is 4.86. The van der Waals surface area contributed by atoms with Gasteiger partial charge in [0.05, 0.1) is 18.2 Å². The summed E-state index contributed by atoms with van der Waals surface area (Å²) in [6.07, 6.45) is 0. The Kier molecular flexibility index (Phi) is 3.47. The third-order valence-corrected chi connectivity index (χ3v) is 3.62. The molecule has 2 aromatic rings. The highest BCUT2D eigenvalue weighted by atomic mass is 16.5. The van der Waals surface area contributed by atoms with Gasteiger partial charge in [-0.2, -0.15) is 0 Å². The number of carbonyl (C=O) groups is 3. The smallest absolute Gasteiger partial charge is 0.333 e. The number of amides is 2. The van der Waals surface area contributed by atoms with Crippen LogP contribution in [0.3, 0.4) is 0 Å². The molecule has 0 aliphatic carbocycles. The van der Waals surface area contributed by atoms with Crippen LogP contribution in [0.4, 0.5) is 0 Å². The van der Waals surface area contributed by atoms with Gasteiger partial charge in [-0.25, -0.2) is 4.79 Å². The maximum absolute atomic E-state index is 12.5. The molecular formula is C17H13NO4. The highest BCUT2D eigenvalue weighted by molar-refractivity contribution is 6.22. The van der Waals surface area contributed by atoms with Crippen LogP contribution in [0.25, 0.3) is 0 Å². The number of benzene rings is 2. The summed E-state index contributed by atoms with van der Waals surface area (Å²) in [7, 11) is 1.23. The number of rotatable bonds is 3. The van der Waals surface area contributed by atoms with Crippen molar-refractivity contribution in [2.24, 2.45) is 0 Å². The minimum absolute atomic E-state index is 0.303. The molecule has 0 spiro atoms. The lowest BCUT2D eigenvalue weighted by atomic mass is 10.1. The summed E-state index contributed by atoms with van der Waals surface area (Å²) in [5.41, 5.74) is 1.14. The van der Waals surface area contributed by atoms with Crippen molar-refractivity contribution in [1.29, 1.82) is 0 Å². The predicted molar refractivity (Wildman–Crippen MR) is 78.1 cm³/mol. The Hall–Kier alpha value is -2.95. The van der Waals surface area contributed by atoms with E-state index in [0.29, 0.717) is 16.7 Å². The molecule has 0 aromatic heterocycles. The maximum Gasteiger partial charge on any atom is 0.333 e. The largest absolute Gasteiger partial charge is 0.467 e. The molecule has 2 aromatic carbocycles. The third kappa shape index (κ3) is 2.07. The van der Waals surface area contributed by atoms with E-state index in [0.717, 1.165) is 4.90 Å². The third-order valence-electron chi connectivity index (χ3n) is 3.62. The van der Waals surface area contributed by atoms with Gasteiger partial charge in [0.15, 0.2) is 6.04 Å². The van der Waals surface area contributed by atoms with E-state index in [1.807, 2.05) is 0 Å². The van der Waals surface area contributed by atoms with Gasteiger partial charge in [0.1, 0.15) is 0 Å². The van der Waals surface area contributed by atoms with Gasteiger partial charge in [-0.05, 0) is 17.7 Å². The quantitative estimate of drug-likeness (QED) is 0.643. The number of fused-ring (bicyclic) bond motifs is 1. The monoisotopic (exact) mass is 295 g/mol. The van der Waals surface area contributed by atoms with Crippen LogP contribution in [0, 0.1) is 0 Å². The molecular weight excluding hydrogens is 282 g/mol. The van der Waals surface area contributed by atoms with Gasteiger partial charge in [0, 0.05) is 0 Å². The Morgan fingerprint density at radius 2 is 1.41 bits per heavy atom. The van der Waals surface area contributed by atoms with Crippen molar-refractivity contribution in [2.75, 3.05) is 7.11 Å². The van der Waals surface area contributed by atoms with Crippen molar-refractivity contribution in [3.63, 3.8) is 0 Å². The van der Waals surface area contributed by atoms with E-state index in [1.54, 1.807) is 54.6 Å². The van der Waals surface area contributed by atoms with E-state index in [2.05, 4.69) is 0 Å². The molecule has 1 unspecified atom stereocenters. The molecule has 2 amide bonds. The Balaban J connectivity index is 2.09. The zero-order chi connectivity index (χ0) is 15.7. The van der Waals surface area contributed by atoms with Gasteiger partial charge < -0.3 is 4.74 Å². The molecule has 1 atom stereocenters. The summed E-state index contributed by atoms with van der Waals surface area (Å²) in [5.74, 6) is -1.62. The van der Waals surface area contributed by atoms with E-state index in [-0.39, 0.29) is 0 Å². The van der Waals surface area contributed by atoms with Crippen molar-refractivity contribution < 1.29 is 19.1 Å². The molecule has 0 radical (unpaired) electrons. The van der Waals surface area contributed by atoms with E-state index in [1.165, 1.54) is 7.11 Å². The molecule has 22 heavy (non-hydrogen) atoms. The number of carbonyl (C=O) groups excluding carboxylic acids is 3. The van der Waals surface area contributed by atoms with Gasteiger partial charge in [0.2, 0.25) is 0 Å². The second kappa shape index (κ2) is 5.44. The van der Waals surface area contributed by atoms with Crippen molar-refractivity contribution in [2.45, 2.75) is 6.04 Å². The van der Waals surface area contributed by atoms with Gasteiger partial charge >= 0.3 is 5.97 Å². The molecule has 0 bridgehead atoms. The zero-order valence-electron chi connectivity index (χ0n) is 11.9. The molecule has 3 rings (SSSR count). The SMILES string of the molecule is COC(=O)C(c1ccccc1)N1C(=O)c2ccccc2C1=O. The Bertz CT molecular complexity index is 719. The van der Waals surface area contributed by atoms with Crippen molar-refractivity contribution in [3.05, 3.63) is 71.3 Å². The number of methoxy groups -OCH3 is 1. The minimum atomic E-state index is -1.08. The number of imide groups is 1. The van der Waals surface area contributed by atoms with Crippen LogP contribution in [-0.4, -0.2) is 29.8 Å². The predicted octanol–water partition coefficient (Wildman–Crippen LogP) is 2.20. The average molecular weight is 295 g/mol. The number of nitrogens with zero attached hydrogens (tertiary/aromatic N) is 1. The van der Waals surface area contributed by atoms with Crippen LogP contribution in [0.15, 0.2) is 54.6 Å². The van der Waals surface area contributed by atoms with Gasteiger partial charge in [0.25, 0.3) is 11.8 Å². The van der Waals surface area contributed by atoms with Crippen LogP contribution < -0.4 is 0 Å². The molecule has 110 valence electrons. The highest BCUT2D eigenvalue weighted by Gasteiger charge is 2.43. The lowest BCUT2D eigenvalue weighted by Crippen LogP contribution is -2.39. The summed E-state index contributed by atoms with van der Waals surface area (Å²) in [5, 5.41) is 0. The lowest BCUT2D eigenvalue weighted by molar-refractivity contribution is -0.145. The molecule has 0 fully saturated rings.